The van der Waals surface area contributed by atoms with Gasteiger partial charge in [-0.15, -0.1) is 0 Å². The molecule has 0 spiro atoms. The van der Waals surface area contributed by atoms with Gasteiger partial charge in [-0.2, -0.15) is 0 Å². The second kappa shape index (κ2) is 5.64. The second-order valence-electron chi connectivity index (χ2n) is 8.09. The number of carbonyl (C=O) groups is 2. The molecule has 8 heteroatoms. The van der Waals surface area contributed by atoms with Crippen LogP contribution in [-0.2, 0) is 9.53 Å². The van der Waals surface area contributed by atoms with Crippen LogP contribution in [0.5, 0.6) is 0 Å². The Balaban J connectivity index is 1.20. The van der Waals surface area contributed by atoms with Gasteiger partial charge >= 0.3 is 0 Å². The molecule has 2 amide bonds. The molecule has 6 atom stereocenters. The standard InChI is InChI=1S/C18H22N4O4/c1-8-19-14(3-15(23)20-8)18(25)22-4-9-2-13(10(9)5-22)21-17(24)16-11-6-26-7-12(11)16/h3,9-13,16H,2,4-7H2,1H3,(H,21,24)(H,19,20,23)/t9?,10?,11-,12+,13?,16?. The van der Waals surface area contributed by atoms with Crippen molar-refractivity contribution in [2.24, 2.45) is 29.6 Å². The van der Waals surface area contributed by atoms with Gasteiger partial charge in [-0.05, 0) is 31.1 Å². The number of carbonyl (C=O) groups excluding carboxylic acids is 2. The van der Waals surface area contributed by atoms with Crippen LogP contribution in [0.25, 0.3) is 0 Å². The lowest BCUT2D eigenvalue weighted by Crippen LogP contribution is -2.52. The Hall–Kier alpha value is -2.22. The van der Waals surface area contributed by atoms with E-state index in [0.29, 0.717) is 55.8 Å². The van der Waals surface area contributed by atoms with E-state index >= 15 is 0 Å². The molecule has 2 saturated carbocycles. The molecule has 1 aromatic heterocycles. The first-order valence-electron chi connectivity index (χ1n) is 9.26. The maximum Gasteiger partial charge on any atom is 0.272 e. The third-order valence-corrected chi connectivity index (χ3v) is 6.51. The van der Waals surface area contributed by atoms with E-state index in [0.717, 1.165) is 6.42 Å². The fourth-order valence-corrected chi connectivity index (χ4v) is 5.00. The summed E-state index contributed by atoms with van der Waals surface area (Å²) in [5.74, 6) is 2.08. The van der Waals surface area contributed by atoms with Crippen LogP contribution in [-0.4, -0.2) is 59.0 Å². The van der Waals surface area contributed by atoms with Gasteiger partial charge in [0.2, 0.25) is 5.91 Å². The Morgan fingerprint density at radius 3 is 2.77 bits per heavy atom. The first-order valence-corrected chi connectivity index (χ1v) is 9.26. The van der Waals surface area contributed by atoms with Crippen LogP contribution < -0.4 is 10.9 Å². The number of aromatic nitrogens is 2. The number of aromatic amines is 1. The van der Waals surface area contributed by atoms with Gasteiger partial charge in [-0.25, -0.2) is 4.98 Å². The Morgan fingerprint density at radius 1 is 1.27 bits per heavy atom. The van der Waals surface area contributed by atoms with E-state index in [2.05, 4.69) is 15.3 Å². The molecule has 1 aromatic rings. The highest BCUT2D eigenvalue weighted by Crippen LogP contribution is 2.51. The molecule has 2 saturated heterocycles. The fourth-order valence-electron chi connectivity index (χ4n) is 5.00. The van der Waals surface area contributed by atoms with E-state index in [1.165, 1.54) is 6.07 Å². The highest BCUT2D eigenvalue weighted by atomic mass is 16.5. The fraction of sp³-hybridized carbons (Fsp3) is 0.667. The number of amides is 2. The van der Waals surface area contributed by atoms with Gasteiger partial charge in [0.05, 0.1) is 13.2 Å². The number of hydrogen-bond acceptors (Lipinski definition) is 5. The lowest BCUT2D eigenvalue weighted by Gasteiger charge is -2.39. The zero-order valence-electron chi connectivity index (χ0n) is 14.6. The molecule has 0 aromatic carbocycles. The van der Waals surface area contributed by atoms with Crippen LogP contribution in [0.15, 0.2) is 10.9 Å². The minimum Gasteiger partial charge on any atom is -0.381 e. The summed E-state index contributed by atoms with van der Waals surface area (Å²) in [5, 5.41) is 3.19. The third kappa shape index (κ3) is 2.46. The Kier molecular flexibility index (Phi) is 3.47. The van der Waals surface area contributed by atoms with Crippen molar-refractivity contribution in [2.45, 2.75) is 19.4 Å². The lowest BCUT2D eigenvalue weighted by molar-refractivity contribution is -0.125. The van der Waals surface area contributed by atoms with Gasteiger partial charge in [-0.1, -0.05) is 0 Å². The van der Waals surface area contributed by atoms with Crippen molar-refractivity contribution in [2.75, 3.05) is 26.3 Å². The van der Waals surface area contributed by atoms with E-state index in [4.69, 9.17) is 4.74 Å². The number of likely N-dealkylation sites (tertiary alicyclic amines) is 1. The number of rotatable bonds is 3. The van der Waals surface area contributed by atoms with Crippen LogP contribution in [0, 0.1) is 36.5 Å². The summed E-state index contributed by atoms with van der Waals surface area (Å²) in [6.07, 6.45) is 0.917. The molecule has 2 aliphatic heterocycles. The Morgan fingerprint density at radius 2 is 2.04 bits per heavy atom. The SMILES string of the molecule is Cc1nc(C(=O)N2CC3CC(NC(=O)C4[C@H]5COC[C@@H]45)C3C2)cc(=O)[nH]1. The molecule has 2 N–H and O–H groups in total. The number of ether oxygens (including phenoxy) is 1. The van der Waals surface area contributed by atoms with Crippen molar-refractivity contribution in [3.8, 4) is 0 Å². The molecular weight excluding hydrogens is 336 g/mol. The summed E-state index contributed by atoms with van der Waals surface area (Å²) in [7, 11) is 0. The third-order valence-electron chi connectivity index (χ3n) is 6.51. The maximum absolute atomic E-state index is 12.7. The molecule has 4 aliphatic rings. The molecule has 26 heavy (non-hydrogen) atoms. The highest BCUT2D eigenvalue weighted by Gasteiger charge is 2.59. The zero-order valence-corrected chi connectivity index (χ0v) is 14.6. The summed E-state index contributed by atoms with van der Waals surface area (Å²) >= 11 is 0. The highest BCUT2D eigenvalue weighted by molar-refractivity contribution is 5.92. The summed E-state index contributed by atoms with van der Waals surface area (Å²) < 4.78 is 5.35. The van der Waals surface area contributed by atoms with E-state index in [-0.39, 0.29) is 35.0 Å². The average molecular weight is 358 g/mol. The molecule has 138 valence electrons. The van der Waals surface area contributed by atoms with Gasteiger partial charge in [0, 0.05) is 37.0 Å². The quantitative estimate of drug-likeness (QED) is 0.761. The first kappa shape index (κ1) is 16.0. The van der Waals surface area contributed by atoms with Gasteiger partial charge in [-0.3, -0.25) is 14.4 Å². The molecule has 5 rings (SSSR count). The molecular formula is C18H22N4O4. The Bertz CT molecular complexity index is 827. The summed E-state index contributed by atoms with van der Waals surface area (Å²) in [6.45, 7) is 4.37. The van der Waals surface area contributed by atoms with Crippen LogP contribution in [0.2, 0.25) is 0 Å². The minimum atomic E-state index is -0.313. The topological polar surface area (TPSA) is 104 Å². The second-order valence-corrected chi connectivity index (χ2v) is 8.09. The van der Waals surface area contributed by atoms with Gasteiger partial charge in [0.15, 0.2) is 0 Å². The van der Waals surface area contributed by atoms with Crippen LogP contribution in [0.3, 0.4) is 0 Å². The smallest absolute Gasteiger partial charge is 0.272 e. The Labute approximate surface area is 150 Å². The van der Waals surface area contributed by atoms with Gasteiger partial charge in [0.25, 0.3) is 11.5 Å². The van der Waals surface area contributed by atoms with E-state index in [1.54, 1.807) is 11.8 Å². The molecule has 3 heterocycles. The first-order chi connectivity index (χ1) is 12.5. The van der Waals surface area contributed by atoms with Crippen molar-refractivity contribution in [3.05, 3.63) is 27.9 Å². The molecule has 0 radical (unpaired) electrons. The van der Waals surface area contributed by atoms with Gasteiger partial charge < -0.3 is 19.9 Å². The summed E-state index contributed by atoms with van der Waals surface area (Å²) in [6, 6.07) is 1.41. The van der Waals surface area contributed by atoms with Crippen LogP contribution in [0.4, 0.5) is 0 Å². The van der Waals surface area contributed by atoms with E-state index < -0.39 is 0 Å². The predicted octanol–water partition coefficient (Wildman–Crippen LogP) is -0.453. The molecule has 0 bridgehead atoms. The van der Waals surface area contributed by atoms with Crippen LogP contribution in [0.1, 0.15) is 22.7 Å². The average Bonchev–Trinajstić information content (AvgIpc) is 2.90. The van der Waals surface area contributed by atoms with E-state index in [9.17, 15) is 14.4 Å². The van der Waals surface area contributed by atoms with Crippen molar-refractivity contribution in [3.63, 3.8) is 0 Å². The predicted molar refractivity (Wildman–Crippen MR) is 90.3 cm³/mol. The lowest BCUT2D eigenvalue weighted by atomic mass is 9.71. The molecule has 2 aliphatic carbocycles. The largest absolute Gasteiger partial charge is 0.381 e. The molecule has 4 fully saturated rings. The number of nitrogens with one attached hydrogen (secondary N) is 2. The van der Waals surface area contributed by atoms with Crippen molar-refractivity contribution < 1.29 is 14.3 Å². The number of aryl methyl sites for hydroxylation is 1. The number of hydrogen-bond donors (Lipinski definition) is 2. The van der Waals surface area contributed by atoms with Crippen molar-refractivity contribution in [1.29, 1.82) is 0 Å². The van der Waals surface area contributed by atoms with Crippen molar-refractivity contribution in [1.82, 2.24) is 20.2 Å². The normalized spacial score (nSPS) is 36.9. The van der Waals surface area contributed by atoms with E-state index in [1.807, 2.05) is 0 Å². The van der Waals surface area contributed by atoms with Crippen molar-refractivity contribution >= 4 is 11.8 Å². The van der Waals surface area contributed by atoms with Gasteiger partial charge in [0.1, 0.15) is 11.5 Å². The monoisotopic (exact) mass is 358 g/mol. The maximum atomic E-state index is 12.7. The van der Waals surface area contributed by atoms with Crippen LogP contribution >= 0.6 is 0 Å². The molecule has 4 unspecified atom stereocenters. The zero-order chi connectivity index (χ0) is 18.0. The number of H-pyrrole nitrogens is 1. The summed E-state index contributed by atoms with van der Waals surface area (Å²) in [4.78, 5) is 45.1. The minimum absolute atomic E-state index is 0.130. The number of nitrogens with zero attached hydrogens (tertiary/aromatic N) is 2. The number of fused-ring (bicyclic) bond motifs is 2. The summed E-state index contributed by atoms with van der Waals surface area (Å²) in [5.41, 5.74) is -0.119. The molecule has 8 nitrogen and oxygen atoms in total.